The van der Waals surface area contributed by atoms with E-state index in [9.17, 15) is 0 Å². The number of para-hydroxylation sites is 1. The Morgan fingerprint density at radius 2 is 1.63 bits per heavy atom. The molecule has 1 aromatic heterocycles. The van der Waals surface area contributed by atoms with Gasteiger partial charge in [0.1, 0.15) is 5.01 Å². The number of benzene rings is 2. The van der Waals surface area contributed by atoms with Gasteiger partial charge in [-0.3, -0.25) is 0 Å². The molecule has 1 N–H and O–H groups in total. The number of aromatic nitrogens is 2. The molecule has 0 atom stereocenters. The van der Waals surface area contributed by atoms with Crippen LogP contribution in [-0.2, 0) is 0 Å². The fourth-order valence-electron chi connectivity index (χ4n) is 1.73. The molecule has 0 bridgehead atoms. The van der Waals surface area contributed by atoms with Gasteiger partial charge in [-0.05, 0) is 19.1 Å². The molecule has 0 unspecified atom stereocenters. The molecular formula is C15H13N3S. The Labute approximate surface area is 116 Å². The molecule has 4 heteroatoms. The summed E-state index contributed by atoms with van der Waals surface area (Å²) in [4.78, 5) is 0. The number of hydrogen-bond acceptors (Lipinski definition) is 4. The predicted octanol–water partition coefficient (Wildman–Crippen LogP) is 4.26. The zero-order valence-corrected chi connectivity index (χ0v) is 11.3. The van der Waals surface area contributed by atoms with Crippen LogP contribution in [0.25, 0.3) is 10.6 Å². The molecule has 0 aliphatic rings. The molecule has 0 aliphatic carbocycles. The predicted molar refractivity (Wildman–Crippen MR) is 79.8 cm³/mol. The molecule has 0 aliphatic heterocycles. The molecule has 0 saturated heterocycles. The summed E-state index contributed by atoms with van der Waals surface area (Å²) < 4.78 is 0. The van der Waals surface area contributed by atoms with Crippen molar-refractivity contribution in [2.24, 2.45) is 0 Å². The smallest absolute Gasteiger partial charge is 0.210 e. The largest absolute Gasteiger partial charge is 0.330 e. The van der Waals surface area contributed by atoms with Gasteiger partial charge in [0.25, 0.3) is 0 Å². The number of anilines is 2. The van der Waals surface area contributed by atoms with E-state index in [-0.39, 0.29) is 0 Å². The van der Waals surface area contributed by atoms with Crippen LogP contribution in [0, 0.1) is 6.92 Å². The molecule has 19 heavy (non-hydrogen) atoms. The summed E-state index contributed by atoms with van der Waals surface area (Å²) in [5.41, 5.74) is 3.37. The van der Waals surface area contributed by atoms with E-state index in [1.54, 1.807) is 11.3 Å². The molecule has 0 amide bonds. The standard InChI is InChI=1S/C15H13N3S/c1-11-7-9-12(10-8-11)14-17-18-15(19-14)16-13-5-3-2-4-6-13/h2-10H,1H3,(H,16,18). The summed E-state index contributed by atoms with van der Waals surface area (Å²) in [6.07, 6.45) is 0. The lowest BCUT2D eigenvalue weighted by Crippen LogP contribution is -1.87. The van der Waals surface area contributed by atoms with Crippen molar-refractivity contribution in [1.29, 1.82) is 0 Å². The van der Waals surface area contributed by atoms with Crippen molar-refractivity contribution in [1.82, 2.24) is 10.2 Å². The minimum Gasteiger partial charge on any atom is -0.330 e. The Morgan fingerprint density at radius 3 is 2.37 bits per heavy atom. The second-order valence-corrected chi connectivity index (χ2v) is 5.25. The average Bonchev–Trinajstić information content (AvgIpc) is 2.89. The van der Waals surface area contributed by atoms with Crippen LogP contribution < -0.4 is 5.32 Å². The lowest BCUT2D eigenvalue weighted by atomic mass is 10.2. The minimum atomic E-state index is 0.807. The van der Waals surface area contributed by atoms with Gasteiger partial charge in [0.15, 0.2) is 0 Å². The Balaban J connectivity index is 1.82. The van der Waals surface area contributed by atoms with E-state index in [0.29, 0.717) is 0 Å². The van der Waals surface area contributed by atoms with Crippen molar-refractivity contribution >= 4 is 22.2 Å². The van der Waals surface area contributed by atoms with Crippen LogP contribution in [0.5, 0.6) is 0 Å². The number of hydrogen-bond donors (Lipinski definition) is 1. The van der Waals surface area contributed by atoms with Crippen LogP contribution in [0.1, 0.15) is 5.56 Å². The molecule has 0 radical (unpaired) electrons. The molecule has 1 heterocycles. The van der Waals surface area contributed by atoms with E-state index in [4.69, 9.17) is 0 Å². The van der Waals surface area contributed by atoms with Gasteiger partial charge in [-0.25, -0.2) is 0 Å². The van der Waals surface area contributed by atoms with Crippen molar-refractivity contribution in [3.05, 3.63) is 60.2 Å². The lowest BCUT2D eigenvalue weighted by molar-refractivity contribution is 1.10. The van der Waals surface area contributed by atoms with Gasteiger partial charge in [-0.1, -0.05) is 59.4 Å². The topological polar surface area (TPSA) is 37.8 Å². The van der Waals surface area contributed by atoms with Gasteiger partial charge in [-0.2, -0.15) is 0 Å². The maximum absolute atomic E-state index is 4.22. The van der Waals surface area contributed by atoms with Crippen molar-refractivity contribution in [2.75, 3.05) is 5.32 Å². The highest BCUT2D eigenvalue weighted by Crippen LogP contribution is 2.28. The van der Waals surface area contributed by atoms with Gasteiger partial charge in [0, 0.05) is 11.3 Å². The lowest BCUT2D eigenvalue weighted by Gasteiger charge is -1.99. The summed E-state index contributed by atoms with van der Waals surface area (Å²) in [7, 11) is 0. The molecule has 94 valence electrons. The van der Waals surface area contributed by atoms with Crippen molar-refractivity contribution < 1.29 is 0 Å². The zero-order chi connectivity index (χ0) is 13.1. The summed E-state index contributed by atoms with van der Waals surface area (Å²) in [5, 5.41) is 13.4. The first-order chi connectivity index (χ1) is 9.31. The second-order valence-electron chi connectivity index (χ2n) is 4.27. The van der Waals surface area contributed by atoms with Gasteiger partial charge in [-0.15, -0.1) is 10.2 Å². The number of nitrogens with zero attached hydrogens (tertiary/aromatic N) is 2. The van der Waals surface area contributed by atoms with Crippen LogP contribution in [-0.4, -0.2) is 10.2 Å². The maximum atomic E-state index is 4.22. The highest BCUT2D eigenvalue weighted by atomic mass is 32.1. The molecule has 0 saturated carbocycles. The van der Waals surface area contributed by atoms with Crippen LogP contribution in [0.2, 0.25) is 0 Å². The van der Waals surface area contributed by atoms with E-state index in [1.807, 2.05) is 30.3 Å². The molecule has 3 rings (SSSR count). The number of aryl methyl sites for hydroxylation is 1. The van der Waals surface area contributed by atoms with Gasteiger partial charge < -0.3 is 5.32 Å². The van der Waals surface area contributed by atoms with Gasteiger partial charge >= 0.3 is 0 Å². The first kappa shape index (κ1) is 11.9. The quantitative estimate of drug-likeness (QED) is 0.770. The average molecular weight is 267 g/mol. The summed E-state index contributed by atoms with van der Waals surface area (Å²) in [6.45, 7) is 2.08. The highest BCUT2D eigenvalue weighted by Gasteiger charge is 2.06. The molecular weight excluding hydrogens is 254 g/mol. The van der Waals surface area contributed by atoms with E-state index >= 15 is 0 Å². The third-order valence-corrected chi connectivity index (χ3v) is 3.64. The summed E-state index contributed by atoms with van der Waals surface area (Å²) >= 11 is 1.55. The number of rotatable bonds is 3. The Kier molecular flexibility index (Phi) is 3.25. The molecule has 2 aromatic carbocycles. The van der Waals surface area contributed by atoms with Gasteiger partial charge in [0.05, 0.1) is 0 Å². The van der Waals surface area contributed by atoms with Crippen LogP contribution in [0.4, 0.5) is 10.8 Å². The molecule has 0 fully saturated rings. The van der Waals surface area contributed by atoms with Crippen molar-refractivity contribution in [3.63, 3.8) is 0 Å². The summed E-state index contributed by atoms with van der Waals surface area (Å²) in [6, 6.07) is 18.3. The zero-order valence-electron chi connectivity index (χ0n) is 10.5. The fourth-order valence-corrected chi connectivity index (χ4v) is 2.50. The highest BCUT2D eigenvalue weighted by molar-refractivity contribution is 7.18. The van der Waals surface area contributed by atoms with Gasteiger partial charge in [0.2, 0.25) is 5.13 Å². The van der Waals surface area contributed by atoms with Crippen LogP contribution >= 0.6 is 11.3 Å². The number of nitrogens with one attached hydrogen (secondary N) is 1. The third-order valence-electron chi connectivity index (χ3n) is 2.75. The first-order valence-corrected chi connectivity index (χ1v) is 6.85. The van der Waals surface area contributed by atoms with Crippen molar-refractivity contribution in [3.8, 4) is 10.6 Å². The second kappa shape index (κ2) is 5.20. The van der Waals surface area contributed by atoms with Crippen LogP contribution in [0.3, 0.4) is 0 Å². The molecule has 3 nitrogen and oxygen atoms in total. The molecule has 3 aromatic rings. The Hall–Kier alpha value is -2.20. The Bertz CT molecular complexity index is 659. The fraction of sp³-hybridized carbons (Fsp3) is 0.0667. The van der Waals surface area contributed by atoms with E-state index in [2.05, 4.69) is 46.7 Å². The van der Waals surface area contributed by atoms with Crippen LogP contribution in [0.15, 0.2) is 54.6 Å². The maximum Gasteiger partial charge on any atom is 0.210 e. The van der Waals surface area contributed by atoms with E-state index in [1.165, 1.54) is 5.56 Å². The summed E-state index contributed by atoms with van der Waals surface area (Å²) in [5.74, 6) is 0. The third kappa shape index (κ3) is 2.80. The Morgan fingerprint density at radius 1 is 0.895 bits per heavy atom. The first-order valence-electron chi connectivity index (χ1n) is 6.04. The normalized spacial score (nSPS) is 10.4. The minimum absolute atomic E-state index is 0.807. The SMILES string of the molecule is Cc1ccc(-c2nnc(Nc3ccccc3)s2)cc1. The monoisotopic (exact) mass is 267 g/mol. The molecule has 0 spiro atoms. The van der Waals surface area contributed by atoms with E-state index in [0.717, 1.165) is 21.4 Å². The van der Waals surface area contributed by atoms with E-state index < -0.39 is 0 Å². The van der Waals surface area contributed by atoms with Crippen molar-refractivity contribution in [2.45, 2.75) is 6.92 Å².